The van der Waals surface area contributed by atoms with Crippen LogP contribution in [0.2, 0.25) is 0 Å². The Hall–Kier alpha value is -3.44. The maximum Gasteiger partial charge on any atom is 0.308 e. The molecule has 218 valence electrons. The van der Waals surface area contributed by atoms with Crippen molar-refractivity contribution in [3.05, 3.63) is 12.7 Å². The van der Waals surface area contributed by atoms with E-state index < -0.39 is 65.8 Å². The van der Waals surface area contributed by atoms with Gasteiger partial charge in [0.1, 0.15) is 24.2 Å². The van der Waals surface area contributed by atoms with Crippen molar-refractivity contribution in [2.45, 2.75) is 90.6 Å². The highest BCUT2D eigenvalue weighted by atomic mass is 16.5. The monoisotopic (exact) mass is 549 g/mol. The van der Waals surface area contributed by atoms with Crippen LogP contribution in [0.4, 0.5) is 0 Å². The Bertz CT molecular complexity index is 966. The summed E-state index contributed by atoms with van der Waals surface area (Å²) in [5.74, 6) is -3.84. The van der Waals surface area contributed by atoms with E-state index in [1.54, 1.807) is 27.7 Å². The number of esters is 1. The standard InChI is InChI=1S/C27H43N5O7/c1-8-10-19-26(37)32-14-9-11-18(32)24(35)29-21(15(2)3)25(36)30-22(16(4)5)27(38)31(7)17(6)23(34)28-13-12-20(33)39-19/h8,15-19,21-22H,1,9-14H2,2-7H3,(H,28,34)(H,29,35)(H,30,36)/t17-,18-,19+,21-,22-/m0/s1. The number of fused-ring (bicyclic) bond motifs is 1. The van der Waals surface area contributed by atoms with E-state index in [0.29, 0.717) is 19.4 Å². The highest BCUT2D eigenvalue weighted by Crippen LogP contribution is 2.21. The first-order chi connectivity index (χ1) is 18.3. The SMILES string of the molecule is C=CC[C@H]1OC(=O)CCNC(=O)[C@H](C)N(C)C(=O)[C@H](C(C)C)NC(=O)[C@H](C(C)C)NC(=O)[C@@H]2CCCN2C1=O. The molecule has 0 bridgehead atoms. The van der Waals surface area contributed by atoms with Gasteiger partial charge in [-0.3, -0.25) is 28.8 Å². The lowest BCUT2D eigenvalue weighted by atomic mass is 9.98. The van der Waals surface area contributed by atoms with Gasteiger partial charge in [0, 0.05) is 26.6 Å². The number of cyclic esters (lactones) is 1. The zero-order chi connectivity index (χ0) is 29.4. The van der Waals surface area contributed by atoms with Crippen molar-refractivity contribution in [2.75, 3.05) is 20.1 Å². The van der Waals surface area contributed by atoms with Crippen molar-refractivity contribution in [2.24, 2.45) is 11.8 Å². The Morgan fingerprint density at radius 3 is 2.15 bits per heavy atom. The zero-order valence-electron chi connectivity index (χ0n) is 23.8. The minimum atomic E-state index is -1.17. The molecule has 3 N–H and O–H groups in total. The molecule has 0 unspecified atom stereocenters. The summed E-state index contributed by atoms with van der Waals surface area (Å²) in [5.41, 5.74) is 0. The number of hydrogen-bond acceptors (Lipinski definition) is 7. The van der Waals surface area contributed by atoms with E-state index in [0.717, 1.165) is 0 Å². The molecule has 2 aliphatic rings. The Morgan fingerprint density at radius 1 is 0.949 bits per heavy atom. The molecule has 2 rings (SSSR count). The number of likely N-dealkylation sites (N-methyl/N-ethyl adjacent to an activating group) is 1. The van der Waals surface area contributed by atoms with Crippen molar-refractivity contribution >= 4 is 35.5 Å². The van der Waals surface area contributed by atoms with E-state index in [4.69, 9.17) is 4.74 Å². The summed E-state index contributed by atoms with van der Waals surface area (Å²) in [5, 5.41) is 8.14. The second-order valence-corrected chi connectivity index (χ2v) is 10.8. The van der Waals surface area contributed by atoms with Gasteiger partial charge in [0.05, 0.1) is 6.42 Å². The van der Waals surface area contributed by atoms with Crippen molar-refractivity contribution in [3.63, 3.8) is 0 Å². The highest BCUT2D eigenvalue weighted by Gasteiger charge is 2.40. The van der Waals surface area contributed by atoms with E-state index in [9.17, 15) is 28.8 Å². The molecule has 0 spiro atoms. The second kappa shape index (κ2) is 14.1. The molecule has 2 fully saturated rings. The molecule has 5 atom stereocenters. The Balaban J connectivity index is 2.44. The molecule has 2 aliphatic heterocycles. The number of rotatable bonds is 4. The Labute approximate surface area is 230 Å². The lowest BCUT2D eigenvalue weighted by Crippen LogP contribution is -2.60. The van der Waals surface area contributed by atoms with Crippen LogP contribution in [0, 0.1) is 11.8 Å². The Morgan fingerprint density at radius 2 is 1.56 bits per heavy atom. The van der Waals surface area contributed by atoms with Crippen LogP contribution in [0.15, 0.2) is 12.7 Å². The molecular weight excluding hydrogens is 506 g/mol. The second-order valence-electron chi connectivity index (χ2n) is 10.8. The Kier molecular flexibility index (Phi) is 11.5. The van der Waals surface area contributed by atoms with Crippen LogP contribution in [-0.2, 0) is 33.5 Å². The molecule has 0 saturated carbocycles. The van der Waals surface area contributed by atoms with Gasteiger partial charge in [0.2, 0.25) is 23.6 Å². The number of carbonyl (C=O) groups excluding carboxylic acids is 6. The topological polar surface area (TPSA) is 154 Å². The van der Waals surface area contributed by atoms with Crippen LogP contribution in [0.3, 0.4) is 0 Å². The zero-order valence-corrected chi connectivity index (χ0v) is 23.8. The van der Waals surface area contributed by atoms with E-state index in [1.807, 2.05) is 0 Å². The van der Waals surface area contributed by atoms with Crippen LogP contribution >= 0.6 is 0 Å². The van der Waals surface area contributed by atoms with E-state index in [2.05, 4.69) is 22.5 Å². The van der Waals surface area contributed by atoms with Crippen LogP contribution in [0.5, 0.6) is 0 Å². The first kappa shape index (κ1) is 31.8. The molecule has 12 heteroatoms. The summed E-state index contributed by atoms with van der Waals surface area (Å²) < 4.78 is 5.42. The fourth-order valence-corrected chi connectivity index (χ4v) is 4.62. The van der Waals surface area contributed by atoms with Gasteiger partial charge in [0.15, 0.2) is 6.10 Å². The maximum atomic E-state index is 13.4. The van der Waals surface area contributed by atoms with Gasteiger partial charge in [-0.25, -0.2) is 0 Å². The fourth-order valence-electron chi connectivity index (χ4n) is 4.62. The molecule has 0 aromatic heterocycles. The van der Waals surface area contributed by atoms with E-state index in [-0.39, 0.29) is 31.2 Å². The number of amides is 5. The van der Waals surface area contributed by atoms with Gasteiger partial charge >= 0.3 is 5.97 Å². The first-order valence-corrected chi connectivity index (χ1v) is 13.6. The third-order valence-electron chi connectivity index (χ3n) is 7.18. The number of hydrogen-bond donors (Lipinski definition) is 3. The molecule has 0 aromatic rings. The molecule has 0 aromatic carbocycles. The van der Waals surface area contributed by atoms with E-state index >= 15 is 0 Å². The average Bonchev–Trinajstić information content (AvgIpc) is 3.37. The van der Waals surface area contributed by atoms with Crippen LogP contribution in [0.25, 0.3) is 0 Å². The predicted octanol–water partition coefficient (Wildman–Crippen LogP) is 0.114. The lowest BCUT2D eigenvalue weighted by molar-refractivity contribution is -0.161. The summed E-state index contributed by atoms with van der Waals surface area (Å²) in [6.45, 7) is 12.5. The predicted molar refractivity (Wildman–Crippen MR) is 143 cm³/mol. The molecule has 12 nitrogen and oxygen atoms in total. The van der Waals surface area contributed by atoms with Crippen molar-refractivity contribution in [3.8, 4) is 0 Å². The third kappa shape index (κ3) is 8.03. The molecule has 2 saturated heterocycles. The molecule has 39 heavy (non-hydrogen) atoms. The van der Waals surface area contributed by atoms with Crippen molar-refractivity contribution < 1.29 is 33.5 Å². The van der Waals surface area contributed by atoms with Gasteiger partial charge in [-0.15, -0.1) is 6.58 Å². The minimum absolute atomic E-state index is 0.0549. The molecule has 0 radical (unpaired) electrons. The largest absolute Gasteiger partial charge is 0.452 e. The summed E-state index contributed by atoms with van der Waals surface area (Å²) in [6, 6.07) is -3.65. The number of nitrogens with zero attached hydrogens (tertiary/aromatic N) is 2. The summed E-state index contributed by atoms with van der Waals surface area (Å²) in [4.78, 5) is 81.2. The normalized spacial score (nSPS) is 28.7. The smallest absolute Gasteiger partial charge is 0.308 e. The minimum Gasteiger partial charge on any atom is -0.452 e. The van der Waals surface area contributed by atoms with Gasteiger partial charge < -0.3 is 30.5 Å². The van der Waals surface area contributed by atoms with Gasteiger partial charge in [-0.1, -0.05) is 33.8 Å². The fraction of sp³-hybridized carbons (Fsp3) is 0.704. The van der Waals surface area contributed by atoms with Crippen LogP contribution in [0.1, 0.15) is 60.3 Å². The summed E-state index contributed by atoms with van der Waals surface area (Å²) in [6.07, 6.45) is 1.11. The number of carbonyl (C=O) groups is 6. The highest BCUT2D eigenvalue weighted by molar-refractivity contribution is 5.96. The molecule has 5 amide bonds. The number of nitrogens with one attached hydrogen (secondary N) is 3. The maximum absolute atomic E-state index is 13.4. The number of ether oxygens (including phenoxy) is 1. The van der Waals surface area contributed by atoms with Gasteiger partial charge in [-0.05, 0) is 31.6 Å². The first-order valence-electron chi connectivity index (χ1n) is 13.6. The summed E-state index contributed by atoms with van der Waals surface area (Å²) in [7, 11) is 1.47. The van der Waals surface area contributed by atoms with Crippen LogP contribution < -0.4 is 16.0 Å². The molecule has 0 aliphatic carbocycles. The van der Waals surface area contributed by atoms with Crippen LogP contribution in [-0.4, -0.2) is 95.7 Å². The van der Waals surface area contributed by atoms with Crippen molar-refractivity contribution in [1.29, 1.82) is 0 Å². The van der Waals surface area contributed by atoms with Gasteiger partial charge in [-0.2, -0.15) is 0 Å². The average molecular weight is 550 g/mol. The molecular formula is C27H43N5O7. The van der Waals surface area contributed by atoms with Crippen molar-refractivity contribution in [1.82, 2.24) is 25.8 Å². The van der Waals surface area contributed by atoms with E-state index in [1.165, 1.54) is 29.8 Å². The quantitative estimate of drug-likeness (QED) is 0.332. The molecule has 2 heterocycles. The lowest BCUT2D eigenvalue weighted by Gasteiger charge is -2.32. The summed E-state index contributed by atoms with van der Waals surface area (Å²) >= 11 is 0. The third-order valence-corrected chi connectivity index (χ3v) is 7.18. The van der Waals surface area contributed by atoms with Gasteiger partial charge in [0.25, 0.3) is 5.91 Å².